The first-order valence-electron chi connectivity index (χ1n) is 6.13. The Bertz CT molecular complexity index is 508. The Morgan fingerprint density at radius 1 is 0.722 bits per heavy atom. The highest BCUT2D eigenvalue weighted by molar-refractivity contribution is 5.37. The predicted molar refractivity (Wildman–Crippen MR) is 73.1 cm³/mol. The lowest BCUT2D eigenvalue weighted by atomic mass is 10.0. The normalized spacial score (nSPS) is 10.6. The van der Waals surface area contributed by atoms with E-state index in [1.54, 1.807) is 0 Å². The van der Waals surface area contributed by atoms with Crippen LogP contribution in [0.3, 0.4) is 0 Å². The van der Waals surface area contributed by atoms with Crippen LogP contribution in [-0.2, 0) is 12.8 Å². The molecule has 0 amide bonds. The van der Waals surface area contributed by atoms with Crippen LogP contribution in [-0.4, -0.2) is 10.2 Å². The molecule has 0 heterocycles. The molecule has 0 aromatic heterocycles. The summed E-state index contributed by atoms with van der Waals surface area (Å²) in [5.74, 6) is 0.693. The van der Waals surface area contributed by atoms with E-state index in [2.05, 4.69) is 0 Å². The van der Waals surface area contributed by atoms with Gasteiger partial charge in [-0.3, -0.25) is 0 Å². The first-order chi connectivity index (χ1) is 8.56. The Morgan fingerprint density at radius 3 is 1.44 bits per heavy atom. The second-order valence-electron chi connectivity index (χ2n) is 4.74. The molecule has 2 aromatic carbocycles. The number of rotatable bonds is 3. The van der Waals surface area contributed by atoms with Crippen molar-refractivity contribution in [3.05, 3.63) is 58.7 Å². The van der Waals surface area contributed by atoms with Gasteiger partial charge in [0.2, 0.25) is 0 Å². The molecule has 0 saturated heterocycles. The van der Waals surface area contributed by atoms with Gasteiger partial charge < -0.3 is 10.2 Å². The molecule has 0 saturated carbocycles. The Hall–Kier alpha value is -1.96. The molecule has 94 valence electrons. The van der Waals surface area contributed by atoms with Crippen molar-refractivity contribution in [2.45, 2.75) is 26.7 Å². The summed E-state index contributed by atoms with van der Waals surface area (Å²) in [6.07, 6.45) is 1.71. The summed E-state index contributed by atoms with van der Waals surface area (Å²) in [7, 11) is 0. The summed E-state index contributed by atoms with van der Waals surface area (Å²) in [4.78, 5) is 0. The van der Waals surface area contributed by atoms with Gasteiger partial charge in [0.25, 0.3) is 0 Å². The lowest BCUT2D eigenvalue weighted by Gasteiger charge is -2.06. The SMILES string of the molecule is Cc1ccc(CCc2ccc(C)c(O)c2)cc1O. The van der Waals surface area contributed by atoms with E-state index in [9.17, 15) is 10.2 Å². The number of aromatic hydroxyl groups is 2. The Labute approximate surface area is 108 Å². The van der Waals surface area contributed by atoms with Crippen molar-refractivity contribution >= 4 is 0 Å². The van der Waals surface area contributed by atoms with Gasteiger partial charge in [-0.2, -0.15) is 0 Å². The zero-order chi connectivity index (χ0) is 13.1. The molecular weight excluding hydrogens is 224 g/mol. The van der Waals surface area contributed by atoms with Crippen molar-refractivity contribution in [1.82, 2.24) is 0 Å². The maximum absolute atomic E-state index is 9.64. The van der Waals surface area contributed by atoms with Gasteiger partial charge in [0.05, 0.1) is 0 Å². The van der Waals surface area contributed by atoms with E-state index in [1.165, 1.54) is 0 Å². The Morgan fingerprint density at radius 2 is 1.11 bits per heavy atom. The molecule has 0 fully saturated rings. The average Bonchev–Trinajstić information content (AvgIpc) is 2.35. The van der Waals surface area contributed by atoms with Gasteiger partial charge in [-0.1, -0.05) is 24.3 Å². The molecule has 2 nitrogen and oxygen atoms in total. The van der Waals surface area contributed by atoms with Crippen molar-refractivity contribution in [3.63, 3.8) is 0 Å². The standard InChI is InChI=1S/C16H18O2/c1-11-3-5-13(9-15(11)17)7-8-14-6-4-12(2)16(18)10-14/h3-6,9-10,17-18H,7-8H2,1-2H3. The van der Waals surface area contributed by atoms with Crippen molar-refractivity contribution < 1.29 is 10.2 Å². The van der Waals surface area contributed by atoms with E-state index in [1.807, 2.05) is 50.2 Å². The second kappa shape index (κ2) is 5.13. The molecule has 0 aliphatic carbocycles. The molecule has 0 atom stereocenters. The number of benzene rings is 2. The van der Waals surface area contributed by atoms with Crippen LogP contribution in [0.2, 0.25) is 0 Å². The highest BCUT2D eigenvalue weighted by Gasteiger charge is 2.02. The van der Waals surface area contributed by atoms with Gasteiger partial charge >= 0.3 is 0 Å². The molecule has 0 spiro atoms. The molecule has 18 heavy (non-hydrogen) atoms. The predicted octanol–water partition coefficient (Wildman–Crippen LogP) is 3.50. The largest absolute Gasteiger partial charge is 0.508 e. The number of phenols is 2. The van der Waals surface area contributed by atoms with Gasteiger partial charge in [0.1, 0.15) is 11.5 Å². The van der Waals surface area contributed by atoms with Crippen LogP contribution in [0, 0.1) is 13.8 Å². The number of hydrogen-bond donors (Lipinski definition) is 2. The summed E-state index contributed by atoms with van der Waals surface area (Å²) < 4.78 is 0. The van der Waals surface area contributed by atoms with Crippen LogP contribution in [0.15, 0.2) is 36.4 Å². The minimum atomic E-state index is 0.347. The first kappa shape index (κ1) is 12.5. The molecule has 2 rings (SSSR count). The van der Waals surface area contributed by atoms with Crippen molar-refractivity contribution in [2.75, 3.05) is 0 Å². The molecule has 2 N–H and O–H groups in total. The van der Waals surface area contributed by atoms with E-state index < -0.39 is 0 Å². The average molecular weight is 242 g/mol. The smallest absolute Gasteiger partial charge is 0.118 e. The molecule has 0 aliphatic rings. The fraction of sp³-hybridized carbons (Fsp3) is 0.250. The van der Waals surface area contributed by atoms with Crippen molar-refractivity contribution in [3.8, 4) is 11.5 Å². The molecular formula is C16H18O2. The fourth-order valence-electron chi connectivity index (χ4n) is 1.91. The third-order valence-electron chi connectivity index (χ3n) is 3.25. The van der Waals surface area contributed by atoms with Crippen LogP contribution in [0.5, 0.6) is 11.5 Å². The third-order valence-corrected chi connectivity index (χ3v) is 3.25. The molecule has 0 unspecified atom stereocenters. The minimum Gasteiger partial charge on any atom is -0.508 e. The monoisotopic (exact) mass is 242 g/mol. The number of hydrogen-bond acceptors (Lipinski definition) is 2. The zero-order valence-electron chi connectivity index (χ0n) is 10.8. The molecule has 0 bridgehead atoms. The van der Waals surface area contributed by atoms with Crippen molar-refractivity contribution in [1.29, 1.82) is 0 Å². The van der Waals surface area contributed by atoms with E-state index >= 15 is 0 Å². The first-order valence-corrected chi connectivity index (χ1v) is 6.13. The summed E-state index contributed by atoms with van der Waals surface area (Å²) in [6, 6.07) is 11.5. The van der Waals surface area contributed by atoms with Gasteiger partial charge in [0, 0.05) is 0 Å². The summed E-state index contributed by atoms with van der Waals surface area (Å²) >= 11 is 0. The molecule has 2 aromatic rings. The molecule has 2 heteroatoms. The van der Waals surface area contributed by atoms with E-state index in [0.717, 1.165) is 35.1 Å². The van der Waals surface area contributed by atoms with Crippen LogP contribution in [0.1, 0.15) is 22.3 Å². The lowest BCUT2D eigenvalue weighted by molar-refractivity contribution is 0.469. The number of phenolic OH excluding ortho intramolecular Hbond substituents is 2. The Kier molecular flexibility index (Phi) is 3.56. The van der Waals surface area contributed by atoms with Crippen LogP contribution < -0.4 is 0 Å². The van der Waals surface area contributed by atoms with Crippen LogP contribution in [0.25, 0.3) is 0 Å². The topological polar surface area (TPSA) is 40.5 Å². The second-order valence-corrected chi connectivity index (χ2v) is 4.74. The third kappa shape index (κ3) is 2.83. The quantitative estimate of drug-likeness (QED) is 0.864. The van der Waals surface area contributed by atoms with Crippen LogP contribution >= 0.6 is 0 Å². The van der Waals surface area contributed by atoms with E-state index in [-0.39, 0.29) is 0 Å². The maximum atomic E-state index is 9.64. The summed E-state index contributed by atoms with van der Waals surface area (Å²) in [5.41, 5.74) is 4.01. The summed E-state index contributed by atoms with van der Waals surface area (Å²) in [6.45, 7) is 3.77. The Balaban J connectivity index is 2.06. The summed E-state index contributed by atoms with van der Waals surface area (Å²) in [5, 5.41) is 19.3. The van der Waals surface area contributed by atoms with Gasteiger partial charge in [-0.05, 0) is 61.1 Å². The van der Waals surface area contributed by atoms with Gasteiger partial charge in [-0.25, -0.2) is 0 Å². The minimum absolute atomic E-state index is 0.347. The van der Waals surface area contributed by atoms with E-state index in [4.69, 9.17) is 0 Å². The highest BCUT2D eigenvalue weighted by Crippen LogP contribution is 2.21. The molecule has 0 aliphatic heterocycles. The molecule has 0 radical (unpaired) electrons. The lowest BCUT2D eigenvalue weighted by Crippen LogP contribution is -1.92. The maximum Gasteiger partial charge on any atom is 0.118 e. The van der Waals surface area contributed by atoms with Gasteiger partial charge in [0.15, 0.2) is 0 Å². The zero-order valence-corrected chi connectivity index (χ0v) is 10.8. The fourth-order valence-corrected chi connectivity index (χ4v) is 1.91. The van der Waals surface area contributed by atoms with E-state index in [0.29, 0.717) is 11.5 Å². The number of aryl methyl sites for hydroxylation is 4. The van der Waals surface area contributed by atoms with Crippen molar-refractivity contribution in [2.24, 2.45) is 0 Å². The van der Waals surface area contributed by atoms with Gasteiger partial charge in [-0.15, -0.1) is 0 Å². The van der Waals surface area contributed by atoms with Crippen LogP contribution in [0.4, 0.5) is 0 Å². The highest BCUT2D eigenvalue weighted by atomic mass is 16.3.